The molecule has 1 aromatic heterocycles. The molecule has 0 spiro atoms. The van der Waals surface area contributed by atoms with Crippen molar-refractivity contribution in [3.63, 3.8) is 0 Å². The average Bonchev–Trinajstić information content (AvgIpc) is 2.95. The minimum absolute atomic E-state index is 0.169. The first kappa shape index (κ1) is 14.1. The van der Waals surface area contributed by atoms with Crippen molar-refractivity contribution >= 4 is 10.0 Å². The van der Waals surface area contributed by atoms with Crippen LogP contribution in [-0.2, 0) is 16.6 Å². The summed E-state index contributed by atoms with van der Waals surface area (Å²) in [6.45, 7) is 0.716. The highest BCUT2D eigenvalue weighted by Gasteiger charge is 2.30. The molecule has 0 radical (unpaired) electrons. The van der Waals surface area contributed by atoms with Crippen molar-refractivity contribution in [1.82, 2.24) is 14.6 Å². The van der Waals surface area contributed by atoms with E-state index >= 15 is 0 Å². The van der Waals surface area contributed by atoms with Crippen molar-refractivity contribution in [2.75, 3.05) is 7.05 Å². The highest BCUT2D eigenvalue weighted by Crippen LogP contribution is 2.27. The molecule has 5 nitrogen and oxygen atoms in total. The quantitative estimate of drug-likeness (QED) is 0.842. The zero-order valence-corrected chi connectivity index (χ0v) is 12.7. The van der Waals surface area contributed by atoms with Gasteiger partial charge in [-0.05, 0) is 31.7 Å². The third kappa shape index (κ3) is 2.92. The molecule has 1 aromatic rings. The second-order valence-electron chi connectivity index (χ2n) is 5.98. The molecule has 1 heterocycles. The van der Waals surface area contributed by atoms with E-state index in [9.17, 15) is 8.42 Å². The van der Waals surface area contributed by atoms with Crippen LogP contribution in [0.5, 0.6) is 0 Å². The van der Waals surface area contributed by atoms with E-state index in [1.807, 2.05) is 0 Å². The Morgan fingerprint density at radius 3 is 2.65 bits per heavy atom. The zero-order chi connectivity index (χ0) is 14.2. The molecule has 0 amide bonds. The van der Waals surface area contributed by atoms with Gasteiger partial charge in [0.15, 0.2) is 0 Å². The van der Waals surface area contributed by atoms with Crippen LogP contribution < -0.4 is 5.32 Å². The second-order valence-corrected chi connectivity index (χ2v) is 7.97. The highest BCUT2D eigenvalue weighted by molar-refractivity contribution is 7.89. The number of rotatable bonds is 6. The fourth-order valence-electron chi connectivity index (χ4n) is 2.84. The number of aromatic nitrogens is 1. The van der Waals surface area contributed by atoms with Gasteiger partial charge in [-0.2, -0.15) is 4.31 Å². The van der Waals surface area contributed by atoms with Crippen LogP contribution in [0.15, 0.2) is 17.2 Å². The van der Waals surface area contributed by atoms with Crippen molar-refractivity contribution in [3.8, 4) is 0 Å². The number of hydrogen-bond donors (Lipinski definition) is 2. The zero-order valence-electron chi connectivity index (χ0n) is 11.9. The smallest absolute Gasteiger partial charge is 0.244 e. The molecule has 0 unspecified atom stereocenters. The summed E-state index contributed by atoms with van der Waals surface area (Å²) in [6.07, 6.45) is 8.31. The minimum atomic E-state index is -3.35. The molecule has 2 saturated carbocycles. The Morgan fingerprint density at radius 2 is 2.00 bits per heavy atom. The van der Waals surface area contributed by atoms with E-state index in [4.69, 9.17) is 0 Å². The maximum Gasteiger partial charge on any atom is 0.244 e. The molecule has 2 aliphatic carbocycles. The van der Waals surface area contributed by atoms with Crippen LogP contribution in [0.1, 0.15) is 44.2 Å². The summed E-state index contributed by atoms with van der Waals surface area (Å²) < 4.78 is 26.7. The topological polar surface area (TPSA) is 65.2 Å². The summed E-state index contributed by atoms with van der Waals surface area (Å²) in [4.78, 5) is 3.46. The summed E-state index contributed by atoms with van der Waals surface area (Å²) in [5, 5.41) is 3.38. The van der Waals surface area contributed by atoms with Crippen molar-refractivity contribution in [2.45, 2.75) is 62.0 Å². The number of aromatic amines is 1. The van der Waals surface area contributed by atoms with E-state index in [1.54, 1.807) is 23.6 Å². The van der Waals surface area contributed by atoms with E-state index < -0.39 is 10.0 Å². The SMILES string of the molecule is CN(C1CCCC1)S(=O)(=O)c1c[nH]c(CNC2CC2)c1. The van der Waals surface area contributed by atoms with Gasteiger partial charge in [-0.15, -0.1) is 0 Å². The molecule has 0 bridgehead atoms. The van der Waals surface area contributed by atoms with Crippen LogP contribution in [0.2, 0.25) is 0 Å². The monoisotopic (exact) mass is 297 g/mol. The van der Waals surface area contributed by atoms with Crippen LogP contribution in [0.3, 0.4) is 0 Å². The van der Waals surface area contributed by atoms with E-state index in [0.717, 1.165) is 31.4 Å². The Hall–Kier alpha value is -0.850. The fourth-order valence-corrected chi connectivity index (χ4v) is 4.28. The van der Waals surface area contributed by atoms with E-state index in [-0.39, 0.29) is 6.04 Å². The van der Waals surface area contributed by atoms with Crippen molar-refractivity contribution < 1.29 is 8.42 Å². The lowest BCUT2D eigenvalue weighted by molar-refractivity contribution is 0.373. The Labute approximate surface area is 120 Å². The van der Waals surface area contributed by atoms with Gasteiger partial charge < -0.3 is 10.3 Å². The van der Waals surface area contributed by atoms with E-state index in [1.165, 1.54) is 12.8 Å². The lowest BCUT2D eigenvalue weighted by Gasteiger charge is -2.22. The van der Waals surface area contributed by atoms with Crippen molar-refractivity contribution in [1.29, 1.82) is 0 Å². The highest BCUT2D eigenvalue weighted by atomic mass is 32.2. The summed E-state index contributed by atoms with van der Waals surface area (Å²) in [5.74, 6) is 0. The van der Waals surface area contributed by atoms with E-state index in [0.29, 0.717) is 17.5 Å². The van der Waals surface area contributed by atoms with Gasteiger partial charge in [0.2, 0.25) is 10.0 Å². The molecule has 6 heteroatoms. The summed E-state index contributed by atoms with van der Waals surface area (Å²) in [6, 6.07) is 2.55. The molecule has 2 aliphatic rings. The van der Waals surface area contributed by atoms with Crippen LogP contribution in [0.4, 0.5) is 0 Å². The Morgan fingerprint density at radius 1 is 1.30 bits per heavy atom. The van der Waals surface area contributed by atoms with Gasteiger partial charge in [-0.1, -0.05) is 12.8 Å². The predicted molar refractivity (Wildman–Crippen MR) is 77.9 cm³/mol. The average molecular weight is 297 g/mol. The molecule has 112 valence electrons. The molecule has 3 rings (SSSR count). The van der Waals surface area contributed by atoms with Gasteiger partial charge in [-0.25, -0.2) is 8.42 Å². The van der Waals surface area contributed by atoms with Crippen LogP contribution >= 0.6 is 0 Å². The fraction of sp³-hybridized carbons (Fsp3) is 0.714. The van der Waals surface area contributed by atoms with Crippen LogP contribution in [0, 0.1) is 0 Å². The summed E-state index contributed by atoms with van der Waals surface area (Å²) in [5.41, 5.74) is 0.940. The molecule has 2 N–H and O–H groups in total. The molecular weight excluding hydrogens is 274 g/mol. The molecule has 0 atom stereocenters. The van der Waals surface area contributed by atoms with Gasteiger partial charge in [0, 0.05) is 37.6 Å². The first-order valence-electron chi connectivity index (χ1n) is 7.46. The van der Waals surface area contributed by atoms with Crippen LogP contribution in [-0.4, -0.2) is 36.8 Å². The lowest BCUT2D eigenvalue weighted by atomic mass is 10.3. The van der Waals surface area contributed by atoms with Crippen molar-refractivity contribution in [3.05, 3.63) is 18.0 Å². The molecule has 20 heavy (non-hydrogen) atoms. The molecule has 2 fully saturated rings. The van der Waals surface area contributed by atoms with E-state index in [2.05, 4.69) is 10.3 Å². The number of sulfonamides is 1. The number of hydrogen-bond acceptors (Lipinski definition) is 3. The van der Waals surface area contributed by atoms with Crippen molar-refractivity contribution in [2.24, 2.45) is 0 Å². The Bertz CT molecular complexity index is 557. The van der Waals surface area contributed by atoms with Gasteiger partial charge in [0.1, 0.15) is 0 Å². The standard InChI is InChI=1S/C14H23N3O2S/c1-17(13-4-2-3-5-13)20(18,19)14-8-12(16-10-14)9-15-11-6-7-11/h8,10-11,13,15-16H,2-7,9H2,1H3. The Balaban J connectivity index is 1.69. The second kappa shape index (κ2) is 5.50. The van der Waals surface area contributed by atoms with Gasteiger partial charge >= 0.3 is 0 Å². The lowest BCUT2D eigenvalue weighted by Crippen LogP contribution is -2.35. The third-order valence-corrected chi connectivity index (χ3v) is 6.28. The van der Waals surface area contributed by atoms with Gasteiger partial charge in [-0.3, -0.25) is 0 Å². The maximum atomic E-state index is 12.6. The molecular formula is C14H23N3O2S. The minimum Gasteiger partial charge on any atom is -0.363 e. The van der Waals surface area contributed by atoms with Gasteiger partial charge in [0.05, 0.1) is 4.90 Å². The molecule has 0 aliphatic heterocycles. The number of H-pyrrole nitrogens is 1. The normalized spacial score (nSPS) is 20.9. The van der Waals surface area contributed by atoms with Crippen LogP contribution in [0.25, 0.3) is 0 Å². The first-order valence-corrected chi connectivity index (χ1v) is 8.90. The first-order chi connectivity index (χ1) is 9.57. The Kier molecular flexibility index (Phi) is 3.88. The molecule has 0 aromatic carbocycles. The molecule has 0 saturated heterocycles. The number of nitrogens with one attached hydrogen (secondary N) is 2. The maximum absolute atomic E-state index is 12.6. The number of nitrogens with zero attached hydrogens (tertiary/aromatic N) is 1. The predicted octanol–water partition coefficient (Wildman–Crippen LogP) is 1.83. The third-order valence-electron chi connectivity index (χ3n) is 4.39. The summed E-state index contributed by atoms with van der Waals surface area (Å²) in [7, 11) is -1.64. The largest absolute Gasteiger partial charge is 0.363 e. The van der Waals surface area contributed by atoms with Gasteiger partial charge in [0.25, 0.3) is 0 Å². The summed E-state index contributed by atoms with van der Waals surface area (Å²) >= 11 is 0.